The molecule has 3 nitrogen and oxygen atoms in total. The monoisotopic (exact) mass is 270 g/mol. The van der Waals surface area contributed by atoms with Crippen molar-refractivity contribution in [3.05, 3.63) is 48.0 Å². The standard InChI is InChI=1S/C17H18O3/c1-11(16(12(2)18)17(19)20-3)14-9-8-13-6-4-5-7-15(13)10-14/h4-11,16H,1-3H3. The first kappa shape index (κ1) is 14.3. The molecule has 0 saturated heterocycles. The fourth-order valence-corrected chi connectivity index (χ4v) is 2.53. The molecule has 0 saturated carbocycles. The van der Waals surface area contributed by atoms with Crippen LogP contribution in [0.25, 0.3) is 10.8 Å². The number of methoxy groups -OCH3 is 1. The number of ketones is 1. The molecule has 0 radical (unpaired) electrons. The van der Waals surface area contributed by atoms with Gasteiger partial charge in [-0.25, -0.2) is 0 Å². The summed E-state index contributed by atoms with van der Waals surface area (Å²) < 4.78 is 4.74. The van der Waals surface area contributed by atoms with Crippen LogP contribution in [-0.4, -0.2) is 18.9 Å². The summed E-state index contributed by atoms with van der Waals surface area (Å²) in [7, 11) is 1.31. The number of fused-ring (bicyclic) bond motifs is 1. The predicted molar refractivity (Wildman–Crippen MR) is 78.6 cm³/mol. The Morgan fingerprint density at radius 3 is 2.30 bits per heavy atom. The van der Waals surface area contributed by atoms with E-state index in [0.29, 0.717) is 0 Å². The van der Waals surface area contributed by atoms with Gasteiger partial charge in [0.05, 0.1) is 7.11 Å². The molecular formula is C17H18O3. The van der Waals surface area contributed by atoms with E-state index in [0.717, 1.165) is 16.3 Å². The van der Waals surface area contributed by atoms with Crippen molar-refractivity contribution in [2.24, 2.45) is 5.92 Å². The number of carbonyl (C=O) groups excluding carboxylic acids is 2. The lowest BCUT2D eigenvalue weighted by atomic mass is 9.84. The molecule has 2 aromatic rings. The molecule has 2 rings (SSSR count). The summed E-state index contributed by atoms with van der Waals surface area (Å²) in [5.74, 6) is -1.60. The molecule has 0 spiro atoms. The van der Waals surface area contributed by atoms with E-state index in [1.807, 2.05) is 49.4 Å². The van der Waals surface area contributed by atoms with Gasteiger partial charge in [-0.3, -0.25) is 9.59 Å². The van der Waals surface area contributed by atoms with E-state index in [-0.39, 0.29) is 11.7 Å². The minimum Gasteiger partial charge on any atom is -0.468 e. The van der Waals surface area contributed by atoms with Crippen molar-refractivity contribution in [1.29, 1.82) is 0 Å². The van der Waals surface area contributed by atoms with Gasteiger partial charge in [0.15, 0.2) is 0 Å². The molecule has 2 unspecified atom stereocenters. The largest absolute Gasteiger partial charge is 0.468 e. The number of carbonyl (C=O) groups is 2. The van der Waals surface area contributed by atoms with Crippen LogP contribution >= 0.6 is 0 Å². The maximum Gasteiger partial charge on any atom is 0.316 e. The number of benzene rings is 2. The molecule has 104 valence electrons. The van der Waals surface area contributed by atoms with Crippen LogP contribution in [0.2, 0.25) is 0 Å². The zero-order chi connectivity index (χ0) is 14.7. The molecule has 2 aromatic carbocycles. The fourth-order valence-electron chi connectivity index (χ4n) is 2.53. The minimum atomic E-state index is -0.749. The number of hydrogen-bond acceptors (Lipinski definition) is 3. The Labute approximate surface area is 118 Å². The van der Waals surface area contributed by atoms with E-state index in [9.17, 15) is 9.59 Å². The first-order chi connectivity index (χ1) is 9.54. The second-order valence-corrected chi connectivity index (χ2v) is 5.01. The Kier molecular flexibility index (Phi) is 4.18. The van der Waals surface area contributed by atoms with Gasteiger partial charge >= 0.3 is 5.97 Å². The van der Waals surface area contributed by atoms with Crippen LogP contribution in [0.3, 0.4) is 0 Å². The molecule has 0 aliphatic rings. The number of rotatable bonds is 4. The summed E-state index contributed by atoms with van der Waals surface area (Å²) in [5.41, 5.74) is 0.967. The molecule has 2 atom stereocenters. The zero-order valence-electron chi connectivity index (χ0n) is 11.9. The maximum atomic E-state index is 11.8. The van der Waals surface area contributed by atoms with Crippen LogP contribution in [0.5, 0.6) is 0 Å². The Morgan fingerprint density at radius 2 is 1.70 bits per heavy atom. The molecule has 0 fully saturated rings. The van der Waals surface area contributed by atoms with Gasteiger partial charge in [0.2, 0.25) is 0 Å². The Balaban J connectivity index is 2.40. The van der Waals surface area contributed by atoms with E-state index in [2.05, 4.69) is 0 Å². The van der Waals surface area contributed by atoms with Gasteiger partial charge in [0.25, 0.3) is 0 Å². The van der Waals surface area contributed by atoms with Gasteiger partial charge < -0.3 is 4.74 Å². The summed E-state index contributed by atoms with van der Waals surface area (Å²) in [6.07, 6.45) is 0. The van der Waals surface area contributed by atoms with Crippen molar-refractivity contribution in [3.63, 3.8) is 0 Å². The Bertz CT molecular complexity index is 645. The van der Waals surface area contributed by atoms with Crippen LogP contribution in [0.1, 0.15) is 25.3 Å². The Hall–Kier alpha value is -2.16. The fraction of sp³-hybridized carbons (Fsp3) is 0.294. The molecule has 0 aliphatic carbocycles. The molecule has 0 aliphatic heterocycles. The Morgan fingerprint density at radius 1 is 1.05 bits per heavy atom. The average Bonchev–Trinajstić information content (AvgIpc) is 2.46. The van der Waals surface area contributed by atoms with E-state index >= 15 is 0 Å². The van der Waals surface area contributed by atoms with Crippen molar-refractivity contribution in [2.45, 2.75) is 19.8 Å². The third-order valence-corrected chi connectivity index (χ3v) is 3.69. The third kappa shape index (κ3) is 2.72. The number of hydrogen-bond donors (Lipinski definition) is 0. The van der Waals surface area contributed by atoms with Crippen LogP contribution in [0.4, 0.5) is 0 Å². The van der Waals surface area contributed by atoms with Crippen LogP contribution < -0.4 is 0 Å². The van der Waals surface area contributed by atoms with Crippen molar-refractivity contribution in [2.75, 3.05) is 7.11 Å². The summed E-state index contributed by atoms with van der Waals surface area (Å²) in [4.78, 5) is 23.5. The SMILES string of the molecule is COC(=O)C(C(C)=O)C(C)c1ccc2ccccc2c1. The van der Waals surface area contributed by atoms with Gasteiger partial charge in [-0.05, 0) is 23.3 Å². The van der Waals surface area contributed by atoms with Crippen LogP contribution in [-0.2, 0) is 14.3 Å². The molecule has 0 bridgehead atoms. The topological polar surface area (TPSA) is 43.4 Å². The highest BCUT2D eigenvalue weighted by Crippen LogP contribution is 2.28. The zero-order valence-corrected chi connectivity index (χ0v) is 11.9. The highest BCUT2D eigenvalue weighted by Gasteiger charge is 2.31. The molecule has 0 N–H and O–H groups in total. The van der Waals surface area contributed by atoms with E-state index in [4.69, 9.17) is 4.74 Å². The van der Waals surface area contributed by atoms with Gasteiger partial charge in [-0.2, -0.15) is 0 Å². The lowest BCUT2D eigenvalue weighted by Crippen LogP contribution is -2.28. The smallest absolute Gasteiger partial charge is 0.316 e. The highest BCUT2D eigenvalue weighted by molar-refractivity contribution is 5.98. The van der Waals surface area contributed by atoms with Gasteiger partial charge in [-0.15, -0.1) is 0 Å². The number of esters is 1. The van der Waals surface area contributed by atoms with Crippen molar-refractivity contribution in [1.82, 2.24) is 0 Å². The molecule has 0 heterocycles. The summed E-state index contributed by atoms with van der Waals surface area (Å²) in [6, 6.07) is 14.0. The van der Waals surface area contributed by atoms with Gasteiger partial charge in [0.1, 0.15) is 11.7 Å². The average molecular weight is 270 g/mol. The second-order valence-electron chi connectivity index (χ2n) is 5.01. The molecule has 0 amide bonds. The second kappa shape index (κ2) is 5.87. The highest BCUT2D eigenvalue weighted by atomic mass is 16.5. The summed E-state index contributed by atoms with van der Waals surface area (Å²) >= 11 is 0. The normalized spacial score (nSPS) is 13.8. The quantitative estimate of drug-likeness (QED) is 0.632. The summed E-state index contributed by atoms with van der Waals surface area (Å²) in [5, 5.41) is 2.24. The lowest BCUT2D eigenvalue weighted by molar-refractivity contribution is -0.149. The van der Waals surface area contributed by atoms with Crippen LogP contribution in [0, 0.1) is 5.92 Å². The van der Waals surface area contributed by atoms with Crippen molar-refractivity contribution < 1.29 is 14.3 Å². The molecule has 0 aromatic heterocycles. The van der Waals surface area contributed by atoms with E-state index in [1.54, 1.807) is 0 Å². The van der Waals surface area contributed by atoms with E-state index in [1.165, 1.54) is 14.0 Å². The lowest BCUT2D eigenvalue weighted by Gasteiger charge is -2.20. The number of ether oxygens (including phenoxy) is 1. The van der Waals surface area contributed by atoms with Crippen molar-refractivity contribution in [3.8, 4) is 0 Å². The number of Topliss-reactive ketones (excluding diaryl/α,β-unsaturated/α-hetero) is 1. The molecule has 3 heteroatoms. The minimum absolute atomic E-state index is 0.169. The summed E-state index contributed by atoms with van der Waals surface area (Å²) in [6.45, 7) is 3.31. The van der Waals surface area contributed by atoms with Gasteiger partial charge in [-0.1, -0.05) is 49.4 Å². The van der Waals surface area contributed by atoms with E-state index < -0.39 is 11.9 Å². The first-order valence-corrected chi connectivity index (χ1v) is 6.61. The third-order valence-electron chi connectivity index (χ3n) is 3.69. The predicted octanol–water partition coefficient (Wildman–Crippen LogP) is 3.32. The molecule has 20 heavy (non-hydrogen) atoms. The first-order valence-electron chi connectivity index (χ1n) is 6.61. The van der Waals surface area contributed by atoms with Gasteiger partial charge in [0, 0.05) is 5.92 Å². The van der Waals surface area contributed by atoms with Crippen LogP contribution in [0.15, 0.2) is 42.5 Å². The maximum absolute atomic E-state index is 11.8. The molecular weight excluding hydrogens is 252 g/mol. The van der Waals surface area contributed by atoms with Crippen molar-refractivity contribution >= 4 is 22.5 Å².